The number of hydrogen-bond acceptors (Lipinski definition) is 3. The van der Waals surface area contributed by atoms with E-state index in [-0.39, 0.29) is 11.9 Å². The first-order valence-electron chi connectivity index (χ1n) is 4.78. The van der Waals surface area contributed by atoms with Crippen LogP contribution in [0.3, 0.4) is 0 Å². The van der Waals surface area contributed by atoms with Crippen LogP contribution in [-0.2, 0) is 17.8 Å². The van der Waals surface area contributed by atoms with Crippen molar-refractivity contribution in [2.24, 2.45) is 5.73 Å². The molecule has 3 nitrogen and oxygen atoms in total. The number of carbonyl (C=O) groups excluding carboxylic acids is 1. The van der Waals surface area contributed by atoms with E-state index in [0.29, 0.717) is 0 Å². The lowest BCUT2D eigenvalue weighted by Gasteiger charge is -2.28. The van der Waals surface area contributed by atoms with E-state index in [0.717, 1.165) is 19.5 Å². The van der Waals surface area contributed by atoms with Gasteiger partial charge in [-0.1, -0.05) is 0 Å². The van der Waals surface area contributed by atoms with Crippen molar-refractivity contribution in [2.45, 2.75) is 25.9 Å². The van der Waals surface area contributed by atoms with Crippen molar-refractivity contribution in [1.29, 1.82) is 0 Å². The molecular formula is C10H14N2OS. The zero-order valence-electron chi connectivity index (χ0n) is 8.19. The Bertz CT molecular complexity index is 346. The van der Waals surface area contributed by atoms with Crippen LogP contribution < -0.4 is 5.73 Å². The summed E-state index contributed by atoms with van der Waals surface area (Å²) in [4.78, 5) is 14.9. The molecule has 2 rings (SSSR count). The maximum atomic E-state index is 11.6. The summed E-state index contributed by atoms with van der Waals surface area (Å²) in [5, 5.41) is 2.09. The molecule has 0 unspecified atom stereocenters. The SMILES string of the molecule is C[C@H](N)C(=O)N1CCc2sccc2C1. The largest absolute Gasteiger partial charge is 0.337 e. The quantitative estimate of drug-likeness (QED) is 0.751. The van der Waals surface area contributed by atoms with Crippen molar-refractivity contribution in [1.82, 2.24) is 4.90 Å². The van der Waals surface area contributed by atoms with Gasteiger partial charge in [-0.2, -0.15) is 0 Å². The predicted octanol–water partition coefficient (Wildman–Crippen LogP) is 0.980. The minimum atomic E-state index is -0.379. The van der Waals surface area contributed by atoms with Crippen LogP contribution in [-0.4, -0.2) is 23.4 Å². The van der Waals surface area contributed by atoms with Crippen molar-refractivity contribution in [3.05, 3.63) is 21.9 Å². The summed E-state index contributed by atoms with van der Waals surface area (Å²) >= 11 is 1.78. The van der Waals surface area contributed by atoms with Crippen molar-refractivity contribution >= 4 is 17.2 Å². The van der Waals surface area contributed by atoms with Gasteiger partial charge < -0.3 is 10.6 Å². The average molecular weight is 210 g/mol. The molecule has 0 saturated heterocycles. The summed E-state index contributed by atoms with van der Waals surface area (Å²) in [6.07, 6.45) is 0.978. The van der Waals surface area contributed by atoms with E-state index in [2.05, 4.69) is 11.4 Å². The first-order valence-corrected chi connectivity index (χ1v) is 5.66. The van der Waals surface area contributed by atoms with E-state index in [4.69, 9.17) is 5.73 Å². The second kappa shape index (κ2) is 3.71. The van der Waals surface area contributed by atoms with E-state index in [1.165, 1.54) is 10.4 Å². The molecule has 4 heteroatoms. The Morgan fingerprint density at radius 1 is 1.71 bits per heavy atom. The Morgan fingerprint density at radius 2 is 2.50 bits per heavy atom. The van der Waals surface area contributed by atoms with E-state index in [1.54, 1.807) is 18.3 Å². The molecule has 0 saturated carbocycles. The van der Waals surface area contributed by atoms with Gasteiger partial charge in [0.25, 0.3) is 0 Å². The van der Waals surface area contributed by atoms with Crippen LogP contribution in [0.1, 0.15) is 17.4 Å². The predicted molar refractivity (Wildman–Crippen MR) is 57.1 cm³/mol. The lowest BCUT2D eigenvalue weighted by atomic mass is 10.1. The lowest BCUT2D eigenvalue weighted by Crippen LogP contribution is -2.44. The minimum Gasteiger partial charge on any atom is -0.337 e. The molecule has 1 aromatic heterocycles. The van der Waals surface area contributed by atoms with E-state index in [9.17, 15) is 4.79 Å². The van der Waals surface area contributed by atoms with Gasteiger partial charge in [-0.3, -0.25) is 4.79 Å². The van der Waals surface area contributed by atoms with Crippen LogP contribution in [0.15, 0.2) is 11.4 Å². The van der Waals surface area contributed by atoms with Crippen molar-refractivity contribution in [2.75, 3.05) is 6.54 Å². The summed E-state index contributed by atoms with van der Waals surface area (Å²) < 4.78 is 0. The maximum Gasteiger partial charge on any atom is 0.239 e. The van der Waals surface area contributed by atoms with Gasteiger partial charge in [0.05, 0.1) is 6.04 Å². The first-order chi connectivity index (χ1) is 6.68. The maximum absolute atomic E-state index is 11.6. The second-order valence-corrected chi connectivity index (χ2v) is 4.67. The highest BCUT2D eigenvalue weighted by atomic mass is 32.1. The van der Waals surface area contributed by atoms with Gasteiger partial charge >= 0.3 is 0 Å². The molecule has 0 radical (unpaired) electrons. The van der Waals surface area contributed by atoms with Gasteiger partial charge in [-0.15, -0.1) is 11.3 Å². The van der Waals surface area contributed by atoms with Gasteiger partial charge in [0.2, 0.25) is 5.91 Å². The fourth-order valence-electron chi connectivity index (χ4n) is 1.72. The number of nitrogens with two attached hydrogens (primary N) is 1. The Hall–Kier alpha value is -0.870. The molecule has 2 heterocycles. The van der Waals surface area contributed by atoms with Crippen LogP contribution in [0.4, 0.5) is 0 Å². The van der Waals surface area contributed by atoms with E-state index < -0.39 is 0 Å². The summed E-state index contributed by atoms with van der Waals surface area (Å²) in [5.74, 6) is 0.0573. The molecule has 14 heavy (non-hydrogen) atoms. The smallest absolute Gasteiger partial charge is 0.239 e. The first kappa shape index (κ1) is 9.68. The van der Waals surface area contributed by atoms with Gasteiger partial charge in [0.1, 0.15) is 0 Å². The molecule has 0 spiro atoms. The van der Waals surface area contributed by atoms with Gasteiger partial charge in [0, 0.05) is 18.0 Å². The molecule has 76 valence electrons. The van der Waals surface area contributed by atoms with Gasteiger partial charge in [-0.25, -0.2) is 0 Å². The summed E-state index contributed by atoms with van der Waals surface area (Å²) in [6.45, 7) is 3.29. The summed E-state index contributed by atoms with van der Waals surface area (Å²) in [5.41, 5.74) is 6.86. The number of hydrogen-bond donors (Lipinski definition) is 1. The molecule has 0 fully saturated rings. The van der Waals surface area contributed by atoms with Gasteiger partial charge in [-0.05, 0) is 30.4 Å². The topological polar surface area (TPSA) is 46.3 Å². The van der Waals surface area contributed by atoms with Crippen molar-refractivity contribution in [3.8, 4) is 0 Å². The average Bonchev–Trinajstić information content (AvgIpc) is 2.62. The fraction of sp³-hybridized carbons (Fsp3) is 0.500. The minimum absolute atomic E-state index is 0.0573. The fourth-order valence-corrected chi connectivity index (χ4v) is 2.61. The lowest BCUT2D eigenvalue weighted by molar-refractivity contribution is -0.133. The van der Waals surface area contributed by atoms with Crippen molar-refractivity contribution < 1.29 is 4.79 Å². The van der Waals surface area contributed by atoms with Crippen LogP contribution >= 0.6 is 11.3 Å². The normalized spacial score (nSPS) is 17.7. The second-order valence-electron chi connectivity index (χ2n) is 3.67. The summed E-state index contributed by atoms with van der Waals surface area (Å²) in [7, 11) is 0. The molecule has 0 aliphatic carbocycles. The number of fused-ring (bicyclic) bond motifs is 1. The van der Waals surface area contributed by atoms with Crippen LogP contribution in [0.2, 0.25) is 0 Å². The Balaban J connectivity index is 2.11. The molecule has 1 atom stereocenters. The highest BCUT2D eigenvalue weighted by molar-refractivity contribution is 7.10. The Kier molecular flexibility index (Phi) is 2.56. The molecule has 2 N–H and O–H groups in total. The number of rotatable bonds is 1. The van der Waals surface area contributed by atoms with E-state index >= 15 is 0 Å². The molecule has 1 aliphatic heterocycles. The molecule has 0 bridgehead atoms. The van der Waals surface area contributed by atoms with Gasteiger partial charge in [0.15, 0.2) is 0 Å². The Labute approximate surface area is 87.5 Å². The number of carbonyl (C=O) groups is 1. The third-order valence-corrected chi connectivity index (χ3v) is 3.53. The third kappa shape index (κ3) is 1.67. The van der Waals surface area contributed by atoms with Crippen LogP contribution in [0.25, 0.3) is 0 Å². The monoisotopic (exact) mass is 210 g/mol. The van der Waals surface area contributed by atoms with Crippen LogP contribution in [0, 0.1) is 0 Å². The van der Waals surface area contributed by atoms with E-state index in [1.807, 2.05) is 4.90 Å². The Morgan fingerprint density at radius 3 is 3.21 bits per heavy atom. The number of nitrogens with zero attached hydrogens (tertiary/aromatic N) is 1. The molecule has 1 amide bonds. The van der Waals surface area contributed by atoms with Crippen LogP contribution in [0.5, 0.6) is 0 Å². The molecule has 0 aromatic carbocycles. The standard InChI is InChI=1S/C10H14N2OS/c1-7(11)10(13)12-4-2-9-8(6-12)3-5-14-9/h3,5,7H,2,4,6,11H2,1H3/t7-/m0/s1. The number of thiophene rings is 1. The number of amides is 1. The highest BCUT2D eigenvalue weighted by Crippen LogP contribution is 2.24. The molecule has 1 aliphatic rings. The third-order valence-electron chi connectivity index (χ3n) is 2.51. The molecular weight excluding hydrogens is 196 g/mol. The van der Waals surface area contributed by atoms with Crippen molar-refractivity contribution in [3.63, 3.8) is 0 Å². The molecule has 1 aromatic rings. The zero-order valence-corrected chi connectivity index (χ0v) is 9.01. The summed E-state index contributed by atoms with van der Waals surface area (Å²) in [6, 6.07) is 1.72. The highest BCUT2D eigenvalue weighted by Gasteiger charge is 2.22. The zero-order chi connectivity index (χ0) is 10.1.